The van der Waals surface area contributed by atoms with E-state index in [1.54, 1.807) is 35.6 Å². The summed E-state index contributed by atoms with van der Waals surface area (Å²) >= 11 is 1.60. The van der Waals surface area contributed by atoms with Crippen molar-refractivity contribution in [3.8, 4) is 22.5 Å². The summed E-state index contributed by atoms with van der Waals surface area (Å²) in [6, 6.07) is 12.8. The summed E-state index contributed by atoms with van der Waals surface area (Å²) in [7, 11) is 0. The van der Waals surface area contributed by atoms with E-state index in [0.717, 1.165) is 37.4 Å². The molecule has 0 unspecified atom stereocenters. The fourth-order valence-electron chi connectivity index (χ4n) is 3.40. The first-order valence-corrected chi connectivity index (χ1v) is 11.1. The molecule has 3 heterocycles. The number of benzene rings is 1. The minimum Gasteiger partial charge on any atom is -0.484 e. The summed E-state index contributed by atoms with van der Waals surface area (Å²) < 4.78 is 10.9. The molecule has 2 aromatic heterocycles. The van der Waals surface area contributed by atoms with Gasteiger partial charge in [-0.05, 0) is 48.7 Å². The summed E-state index contributed by atoms with van der Waals surface area (Å²) in [4.78, 5) is 22.1. The zero-order chi connectivity index (χ0) is 21.5. The van der Waals surface area contributed by atoms with Gasteiger partial charge < -0.3 is 14.2 Å². The Labute approximate surface area is 184 Å². The van der Waals surface area contributed by atoms with Gasteiger partial charge in [-0.1, -0.05) is 11.2 Å². The van der Waals surface area contributed by atoms with Crippen LogP contribution in [0.15, 0.2) is 46.3 Å². The third kappa shape index (κ3) is 5.69. The SMILES string of the molecule is N#Cc1ccc(OCC(=O)N2CCN(CCCc3nc(-c4cccs4)no3)CC2)cc1. The molecule has 9 heteroatoms. The number of ether oxygens (including phenoxy) is 1. The van der Waals surface area contributed by atoms with Gasteiger partial charge in [0.2, 0.25) is 11.7 Å². The van der Waals surface area contributed by atoms with E-state index in [4.69, 9.17) is 14.5 Å². The Morgan fingerprint density at radius 2 is 2.00 bits per heavy atom. The number of aromatic nitrogens is 2. The van der Waals surface area contributed by atoms with Crippen LogP contribution in [0.5, 0.6) is 5.75 Å². The Kier molecular flexibility index (Phi) is 6.92. The van der Waals surface area contributed by atoms with Crippen molar-refractivity contribution in [1.29, 1.82) is 5.26 Å². The number of hydrogen-bond acceptors (Lipinski definition) is 8. The quantitative estimate of drug-likeness (QED) is 0.535. The van der Waals surface area contributed by atoms with Crippen LogP contribution < -0.4 is 4.74 Å². The van der Waals surface area contributed by atoms with Crippen molar-refractivity contribution in [2.75, 3.05) is 39.3 Å². The second kappa shape index (κ2) is 10.2. The van der Waals surface area contributed by atoms with Gasteiger partial charge in [-0.25, -0.2) is 0 Å². The topological polar surface area (TPSA) is 95.5 Å². The molecule has 1 aliphatic heterocycles. The molecule has 1 aliphatic rings. The summed E-state index contributed by atoms with van der Waals surface area (Å²) in [6.45, 7) is 4.01. The van der Waals surface area contributed by atoms with E-state index in [9.17, 15) is 4.79 Å². The highest BCUT2D eigenvalue weighted by Gasteiger charge is 2.21. The average Bonchev–Trinajstić information content (AvgIpc) is 3.50. The highest BCUT2D eigenvalue weighted by Crippen LogP contribution is 2.21. The highest BCUT2D eigenvalue weighted by atomic mass is 32.1. The Morgan fingerprint density at radius 3 is 2.71 bits per heavy atom. The number of carbonyl (C=O) groups is 1. The summed E-state index contributed by atoms with van der Waals surface area (Å²) in [5.41, 5.74) is 0.567. The lowest BCUT2D eigenvalue weighted by molar-refractivity contribution is -0.135. The van der Waals surface area contributed by atoms with Gasteiger partial charge in [-0.15, -0.1) is 11.3 Å². The Hall–Kier alpha value is -3.22. The second-order valence-corrected chi connectivity index (χ2v) is 8.19. The number of nitrogens with zero attached hydrogens (tertiary/aromatic N) is 5. The van der Waals surface area contributed by atoms with E-state index < -0.39 is 0 Å². The van der Waals surface area contributed by atoms with E-state index in [1.165, 1.54) is 0 Å². The predicted octanol–water partition coefficient (Wildman–Crippen LogP) is 2.83. The molecule has 0 saturated carbocycles. The van der Waals surface area contributed by atoms with Crippen LogP contribution in [-0.2, 0) is 11.2 Å². The molecule has 0 N–H and O–H groups in total. The van der Waals surface area contributed by atoms with Gasteiger partial charge >= 0.3 is 0 Å². The summed E-state index contributed by atoms with van der Waals surface area (Å²) in [5, 5.41) is 14.9. The van der Waals surface area contributed by atoms with Gasteiger partial charge in [0.05, 0.1) is 16.5 Å². The largest absolute Gasteiger partial charge is 0.484 e. The molecular weight excluding hydrogens is 414 g/mol. The van der Waals surface area contributed by atoms with Crippen molar-refractivity contribution in [3.05, 3.63) is 53.2 Å². The Bertz CT molecular complexity index is 1020. The van der Waals surface area contributed by atoms with E-state index in [2.05, 4.69) is 21.1 Å². The number of thiophene rings is 1. The normalized spacial score (nSPS) is 14.4. The van der Waals surface area contributed by atoms with Gasteiger partial charge in [0.15, 0.2) is 6.61 Å². The van der Waals surface area contributed by atoms with E-state index in [-0.39, 0.29) is 12.5 Å². The van der Waals surface area contributed by atoms with Crippen LogP contribution >= 0.6 is 11.3 Å². The first-order chi connectivity index (χ1) is 15.2. The van der Waals surface area contributed by atoms with Crippen LogP contribution in [0.2, 0.25) is 0 Å². The molecule has 0 aliphatic carbocycles. The van der Waals surface area contributed by atoms with Gasteiger partial charge in [0.1, 0.15) is 5.75 Å². The predicted molar refractivity (Wildman–Crippen MR) is 116 cm³/mol. The number of carbonyl (C=O) groups excluding carboxylic acids is 1. The van der Waals surface area contributed by atoms with Gasteiger partial charge in [0.25, 0.3) is 5.91 Å². The van der Waals surface area contributed by atoms with Gasteiger partial charge in [-0.3, -0.25) is 9.69 Å². The maximum absolute atomic E-state index is 12.4. The van der Waals surface area contributed by atoms with Gasteiger partial charge in [0, 0.05) is 32.6 Å². The van der Waals surface area contributed by atoms with Crippen LogP contribution in [-0.4, -0.2) is 65.2 Å². The van der Waals surface area contributed by atoms with Crippen molar-refractivity contribution in [1.82, 2.24) is 19.9 Å². The van der Waals surface area contributed by atoms with Crippen LogP contribution in [0.1, 0.15) is 17.9 Å². The minimum absolute atomic E-state index is 0.00956. The van der Waals surface area contributed by atoms with Crippen molar-refractivity contribution < 1.29 is 14.1 Å². The van der Waals surface area contributed by atoms with Crippen LogP contribution in [0.3, 0.4) is 0 Å². The summed E-state index contributed by atoms with van der Waals surface area (Å²) in [5.74, 6) is 1.89. The van der Waals surface area contributed by atoms with Crippen molar-refractivity contribution in [2.24, 2.45) is 0 Å². The smallest absolute Gasteiger partial charge is 0.260 e. The molecule has 1 fully saturated rings. The van der Waals surface area contributed by atoms with E-state index in [1.807, 2.05) is 22.4 Å². The molecule has 0 spiro atoms. The third-order valence-corrected chi connectivity index (χ3v) is 6.01. The molecule has 1 amide bonds. The van der Waals surface area contributed by atoms with E-state index in [0.29, 0.717) is 36.1 Å². The van der Waals surface area contributed by atoms with Gasteiger partial charge in [-0.2, -0.15) is 10.2 Å². The molecular formula is C22H23N5O3S. The van der Waals surface area contributed by atoms with Crippen LogP contribution in [0.4, 0.5) is 0 Å². The van der Waals surface area contributed by atoms with Crippen molar-refractivity contribution in [2.45, 2.75) is 12.8 Å². The van der Waals surface area contributed by atoms with Crippen LogP contribution in [0.25, 0.3) is 10.7 Å². The molecule has 4 rings (SSSR count). The second-order valence-electron chi connectivity index (χ2n) is 7.24. The lowest BCUT2D eigenvalue weighted by Gasteiger charge is -2.34. The van der Waals surface area contributed by atoms with Crippen molar-refractivity contribution in [3.63, 3.8) is 0 Å². The molecule has 160 valence electrons. The van der Waals surface area contributed by atoms with E-state index >= 15 is 0 Å². The number of hydrogen-bond donors (Lipinski definition) is 0. The molecule has 8 nitrogen and oxygen atoms in total. The molecule has 0 atom stereocenters. The average molecular weight is 438 g/mol. The molecule has 31 heavy (non-hydrogen) atoms. The maximum Gasteiger partial charge on any atom is 0.260 e. The number of piperazine rings is 1. The number of amides is 1. The number of aryl methyl sites for hydroxylation is 1. The molecule has 1 aromatic carbocycles. The standard InChI is InChI=1S/C22H23N5O3S/c23-15-17-5-7-18(8-6-17)29-16-21(28)27-12-10-26(11-13-27)9-1-4-20-24-22(25-30-20)19-3-2-14-31-19/h2-3,5-8,14H,1,4,9-13,16H2. The number of nitriles is 1. The maximum atomic E-state index is 12.4. The third-order valence-electron chi connectivity index (χ3n) is 5.15. The first kappa shape index (κ1) is 21.0. The minimum atomic E-state index is -0.0176. The molecule has 0 radical (unpaired) electrons. The molecule has 3 aromatic rings. The fourth-order valence-corrected chi connectivity index (χ4v) is 4.05. The number of rotatable bonds is 8. The lowest BCUT2D eigenvalue weighted by atomic mass is 10.2. The molecule has 0 bridgehead atoms. The Balaban J connectivity index is 1.14. The van der Waals surface area contributed by atoms with Crippen LogP contribution in [0, 0.1) is 11.3 Å². The lowest BCUT2D eigenvalue weighted by Crippen LogP contribution is -2.50. The Morgan fingerprint density at radius 1 is 1.19 bits per heavy atom. The molecule has 1 saturated heterocycles. The fraction of sp³-hybridized carbons (Fsp3) is 0.364. The zero-order valence-electron chi connectivity index (χ0n) is 17.1. The highest BCUT2D eigenvalue weighted by molar-refractivity contribution is 7.13. The first-order valence-electron chi connectivity index (χ1n) is 10.2. The summed E-state index contributed by atoms with van der Waals surface area (Å²) in [6.07, 6.45) is 1.68. The zero-order valence-corrected chi connectivity index (χ0v) is 17.9. The monoisotopic (exact) mass is 437 g/mol. The van der Waals surface area contributed by atoms with Crippen molar-refractivity contribution >= 4 is 17.2 Å².